The number of methoxy groups -OCH3 is 1. The molecule has 0 bridgehead atoms. The Hall–Kier alpha value is -3.00. The summed E-state index contributed by atoms with van der Waals surface area (Å²) in [5, 5.41) is 11.8. The summed E-state index contributed by atoms with van der Waals surface area (Å²) in [5.41, 5.74) is 6.30. The number of hydrogen-bond donors (Lipinski definition) is 2. The first kappa shape index (κ1) is 19.3. The average molecular weight is 410 g/mol. The number of aryl methyl sites for hydroxylation is 2. The highest BCUT2D eigenvalue weighted by atomic mass is 32.2. The quantitative estimate of drug-likeness (QED) is 0.671. The van der Waals surface area contributed by atoms with Gasteiger partial charge in [-0.2, -0.15) is 0 Å². The molecular formula is C21H23N5O2S. The summed E-state index contributed by atoms with van der Waals surface area (Å²) in [6.07, 6.45) is 0.749. The lowest BCUT2D eigenvalue weighted by Gasteiger charge is -2.33. The SMILES string of the molecule is CCc1nnc2n1N[C@@H](c1ccc(C)cc1)[C@H](C(=O)Nc1ccccc1OC)S2. The number of thioether (sulfide) groups is 1. The standard InChI is InChI=1S/C21H23N5O2S/c1-4-17-23-24-21-26(17)25-18(14-11-9-13(2)10-12-14)19(29-21)20(27)22-15-7-5-6-8-16(15)28-3/h5-12,18-19,25H,4H2,1-3H3,(H,22,27)/t18-,19+/m0/s1. The molecule has 3 aromatic rings. The van der Waals surface area contributed by atoms with Gasteiger partial charge in [-0.3, -0.25) is 4.79 Å². The average Bonchev–Trinajstić information content (AvgIpc) is 3.16. The highest BCUT2D eigenvalue weighted by molar-refractivity contribution is 8.00. The van der Waals surface area contributed by atoms with Crippen LogP contribution in [0.15, 0.2) is 53.7 Å². The van der Waals surface area contributed by atoms with Gasteiger partial charge in [0.15, 0.2) is 5.82 Å². The van der Waals surface area contributed by atoms with Crippen molar-refractivity contribution >= 4 is 23.4 Å². The van der Waals surface area contributed by atoms with Gasteiger partial charge in [0.2, 0.25) is 11.1 Å². The van der Waals surface area contributed by atoms with Gasteiger partial charge in [0.1, 0.15) is 11.0 Å². The first-order valence-corrected chi connectivity index (χ1v) is 10.4. The number of carbonyl (C=O) groups excluding carboxylic acids is 1. The topological polar surface area (TPSA) is 81.1 Å². The predicted octanol–water partition coefficient (Wildman–Crippen LogP) is 3.56. The van der Waals surface area contributed by atoms with E-state index in [0.717, 1.165) is 17.8 Å². The zero-order valence-electron chi connectivity index (χ0n) is 16.5. The Kier molecular flexibility index (Phi) is 5.44. The maximum absolute atomic E-state index is 13.3. The molecule has 0 spiro atoms. The highest BCUT2D eigenvalue weighted by Gasteiger charge is 2.37. The van der Waals surface area contributed by atoms with Gasteiger partial charge in [0.05, 0.1) is 18.8 Å². The first-order valence-electron chi connectivity index (χ1n) is 9.48. The number of nitrogens with zero attached hydrogens (tertiary/aromatic N) is 3. The summed E-state index contributed by atoms with van der Waals surface area (Å²) >= 11 is 1.42. The van der Waals surface area contributed by atoms with Gasteiger partial charge in [-0.15, -0.1) is 10.2 Å². The Labute approximate surface area is 173 Å². The van der Waals surface area contributed by atoms with Crippen molar-refractivity contribution in [3.63, 3.8) is 0 Å². The van der Waals surface area contributed by atoms with Crippen molar-refractivity contribution in [1.82, 2.24) is 14.9 Å². The minimum atomic E-state index is -0.427. The zero-order valence-corrected chi connectivity index (χ0v) is 17.4. The van der Waals surface area contributed by atoms with Gasteiger partial charge >= 0.3 is 0 Å². The van der Waals surface area contributed by atoms with Gasteiger partial charge in [0.25, 0.3) is 0 Å². The van der Waals surface area contributed by atoms with Crippen molar-refractivity contribution in [3.8, 4) is 5.75 Å². The third kappa shape index (κ3) is 3.80. The van der Waals surface area contributed by atoms with Crippen LogP contribution in [0.2, 0.25) is 0 Å². The smallest absolute Gasteiger partial charge is 0.240 e. The van der Waals surface area contributed by atoms with Crippen LogP contribution in [-0.2, 0) is 11.2 Å². The zero-order chi connectivity index (χ0) is 20.4. The summed E-state index contributed by atoms with van der Waals surface area (Å²) in [4.78, 5) is 13.3. The second-order valence-electron chi connectivity index (χ2n) is 6.83. The minimum Gasteiger partial charge on any atom is -0.495 e. The van der Waals surface area contributed by atoms with Crippen molar-refractivity contribution < 1.29 is 9.53 Å². The monoisotopic (exact) mass is 409 g/mol. The number of fused-ring (bicyclic) bond motifs is 1. The molecule has 7 nitrogen and oxygen atoms in total. The minimum absolute atomic E-state index is 0.120. The van der Waals surface area contributed by atoms with Crippen molar-refractivity contribution in [2.75, 3.05) is 17.9 Å². The van der Waals surface area contributed by atoms with E-state index >= 15 is 0 Å². The Morgan fingerprint density at radius 1 is 1.21 bits per heavy atom. The molecule has 4 rings (SSSR count). The molecular weight excluding hydrogens is 386 g/mol. The summed E-state index contributed by atoms with van der Waals surface area (Å²) < 4.78 is 7.26. The van der Waals surface area contributed by atoms with E-state index in [2.05, 4.69) is 45.2 Å². The molecule has 2 heterocycles. The van der Waals surface area contributed by atoms with E-state index in [1.165, 1.54) is 17.3 Å². The van der Waals surface area contributed by atoms with Gasteiger partial charge in [-0.25, -0.2) is 4.68 Å². The third-order valence-electron chi connectivity index (χ3n) is 4.88. The Morgan fingerprint density at radius 3 is 2.69 bits per heavy atom. The van der Waals surface area contributed by atoms with Crippen LogP contribution in [0.3, 0.4) is 0 Å². The number of para-hydroxylation sites is 2. The van der Waals surface area contributed by atoms with Gasteiger partial charge < -0.3 is 15.5 Å². The molecule has 0 fully saturated rings. The highest BCUT2D eigenvalue weighted by Crippen LogP contribution is 2.38. The fraction of sp³-hybridized carbons (Fsp3) is 0.286. The molecule has 8 heteroatoms. The van der Waals surface area contributed by atoms with Crippen LogP contribution in [0.1, 0.15) is 29.9 Å². The van der Waals surface area contributed by atoms with Crippen molar-refractivity contribution in [1.29, 1.82) is 0 Å². The predicted molar refractivity (Wildman–Crippen MR) is 114 cm³/mol. The molecule has 29 heavy (non-hydrogen) atoms. The Balaban J connectivity index is 1.68. The number of rotatable bonds is 5. The molecule has 0 radical (unpaired) electrons. The lowest BCUT2D eigenvalue weighted by Crippen LogP contribution is -2.41. The molecule has 0 unspecified atom stereocenters. The molecule has 2 N–H and O–H groups in total. The summed E-state index contributed by atoms with van der Waals surface area (Å²) in [6.45, 7) is 4.08. The number of nitrogens with one attached hydrogen (secondary N) is 2. The van der Waals surface area contributed by atoms with Gasteiger partial charge in [0, 0.05) is 6.42 Å². The van der Waals surface area contributed by atoms with E-state index in [-0.39, 0.29) is 11.9 Å². The van der Waals surface area contributed by atoms with Crippen molar-refractivity contribution in [3.05, 3.63) is 65.5 Å². The van der Waals surface area contributed by atoms with Crippen molar-refractivity contribution in [2.24, 2.45) is 0 Å². The summed E-state index contributed by atoms with van der Waals surface area (Å²) in [5.74, 6) is 1.34. The molecule has 2 aromatic carbocycles. The molecule has 2 atom stereocenters. The van der Waals surface area contributed by atoms with Crippen LogP contribution in [0, 0.1) is 6.92 Å². The van der Waals surface area contributed by atoms with E-state index in [1.54, 1.807) is 7.11 Å². The molecule has 1 amide bonds. The van der Waals surface area contributed by atoms with E-state index in [9.17, 15) is 4.79 Å². The van der Waals surface area contributed by atoms with Gasteiger partial charge in [-0.1, -0.05) is 60.6 Å². The molecule has 1 aliphatic heterocycles. The van der Waals surface area contributed by atoms with Crippen LogP contribution in [-0.4, -0.2) is 33.1 Å². The fourth-order valence-electron chi connectivity index (χ4n) is 3.30. The number of anilines is 1. The number of ether oxygens (including phenoxy) is 1. The van der Waals surface area contributed by atoms with E-state index in [0.29, 0.717) is 16.6 Å². The molecule has 1 aromatic heterocycles. The Morgan fingerprint density at radius 2 is 1.97 bits per heavy atom. The molecule has 150 valence electrons. The van der Waals surface area contributed by atoms with E-state index in [4.69, 9.17) is 4.74 Å². The second-order valence-corrected chi connectivity index (χ2v) is 7.94. The lowest BCUT2D eigenvalue weighted by atomic mass is 10.0. The number of benzene rings is 2. The molecule has 0 aliphatic carbocycles. The van der Waals surface area contributed by atoms with Crippen LogP contribution >= 0.6 is 11.8 Å². The fourth-order valence-corrected chi connectivity index (χ4v) is 4.40. The first-order chi connectivity index (χ1) is 14.1. The molecule has 0 saturated heterocycles. The summed E-state index contributed by atoms with van der Waals surface area (Å²) in [6, 6.07) is 15.4. The van der Waals surface area contributed by atoms with Crippen LogP contribution in [0.5, 0.6) is 5.75 Å². The molecule has 0 saturated carbocycles. The molecule has 1 aliphatic rings. The number of hydrogen-bond acceptors (Lipinski definition) is 6. The Bertz CT molecular complexity index is 1020. The van der Waals surface area contributed by atoms with Gasteiger partial charge in [-0.05, 0) is 24.6 Å². The second kappa shape index (κ2) is 8.16. The summed E-state index contributed by atoms with van der Waals surface area (Å²) in [7, 11) is 1.59. The maximum Gasteiger partial charge on any atom is 0.240 e. The maximum atomic E-state index is 13.3. The largest absolute Gasteiger partial charge is 0.495 e. The lowest BCUT2D eigenvalue weighted by molar-refractivity contribution is -0.116. The third-order valence-corrected chi connectivity index (χ3v) is 6.09. The van der Waals surface area contributed by atoms with Crippen LogP contribution in [0.4, 0.5) is 5.69 Å². The number of aromatic nitrogens is 3. The van der Waals surface area contributed by atoms with Crippen LogP contribution in [0.25, 0.3) is 0 Å². The van der Waals surface area contributed by atoms with E-state index < -0.39 is 5.25 Å². The number of amides is 1. The normalized spacial score (nSPS) is 17.9. The van der Waals surface area contributed by atoms with E-state index in [1.807, 2.05) is 42.8 Å². The van der Waals surface area contributed by atoms with Crippen LogP contribution < -0.4 is 15.5 Å². The van der Waals surface area contributed by atoms with Crippen molar-refractivity contribution in [2.45, 2.75) is 36.7 Å². The number of carbonyl (C=O) groups is 1.